The predicted octanol–water partition coefficient (Wildman–Crippen LogP) is 3.10. The van der Waals surface area contributed by atoms with E-state index in [-0.39, 0.29) is 12.1 Å². The minimum atomic E-state index is -0.128. The van der Waals surface area contributed by atoms with Crippen LogP contribution in [0.5, 0.6) is 0 Å². The van der Waals surface area contributed by atoms with Gasteiger partial charge in [-0.2, -0.15) is 0 Å². The maximum absolute atomic E-state index is 12.7. The number of hydrogen-bond donors (Lipinski definition) is 2. The minimum Gasteiger partial charge on any atom is -0.445 e. The molecule has 0 bridgehead atoms. The van der Waals surface area contributed by atoms with E-state index in [0.29, 0.717) is 24.7 Å². The molecular weight excluding hydrogens is 370 g/mol. The minimum absolute atomic E-state index is 0.128. The largest absolute Gasteiger partial charge is 0.445 e. The van der Waals surface area contributed by atoms with Crippen LogP contribution in [0.4, 0.5) is 16.3 Å². The number of urea groups is 1. The summed E-state index contributed by atoms with van der Waals surface area (Å²) in [5.41, 5.74) is 2.32. The molecule has 4 aromatic rings. The normalized spacial score (nSPS) is 16.3. The molecule has 1 aromatic carbocycles. The van der Waals surface area contributed by atoms with Gasteiger partial charge in [0, 0.05) is 42.8 Å². The van der Waals surface area contributed by atoms with E-state index < -0.39 is 0 Å². The molecule has 0 radical (unpaired) electrons. The molecule has 29 heavy (non-hydrogen) atoms. The molecule has 2 N–H and O–H groups in total. The number of anilines is 2. The first kappa shape index (κ1) is 17.2. The fourth-order valence-corrected chi connectivity index (χ4v) is 3.46. The van der Waals surface area contributed by atoms with Crippen molar-refractivity contribution in [2.75, 3.05) is 23.7 Å². The van der Waals surface area contributed by atoms with Gasteiger partial charge in [0.15, 0.2) is 5.65 Å². The van der Waals surface area contributed by atoms with E-state index in [9.17, 15) is 4.79 Å². The molecule has 1 saturated heterocycles. The molecule has 1 atom stereocenters. The quantitative estimate of drug-likeness (QED) is 0.556. The molecule has 1 aliphatic heterocycles. The number of nitrogens with zero attached hydrogens (tertiary/aromatic N) is 5. The van der Waals surface area contributed by atoms with Crippen LogP contribution in [0.1, 0.15) is 6.42 Å². The molecule has 2 amide bonds. The first-order chi connectivity index (χ1) is 14.2. The van der Waals surface area contributed by atoms with Gasteiger partial charge in [-0.15, -0.1) is 5.10 Å². The van der Waals surface area contributed by atoms with Crippen LogP contribution < -0.4 is 10.6 Å². The third-order valence-corrected chi connectivity index (χ3v) is 4.88. The molecule has 1 fully saturated rings. The van der Waals surface area contributed by atoms with E-state index in [0.717, 1.165) is 23.4 Å². The highest BCUT2D eigenvalue weighted by molar-refractivity contribution is 5.90. The van der Waals surface area contributed by atoms with Crippen LogP contribution in [0.2, 0.25) is 0 Å². The summed E-state index contributed by atoms with van der Waals surface area (Å²) in [7, 11) is 0. The van der Waals surface area contributed by atoms with Gasteiger partial charge < -0.3 is 20.0 Å². The van der Waals surface area contributed by atoms with Crippen molar-refractivity contribution in [2.24, 2.45) is 0 Å². The number of benzene rings is 1. The number of carbonyl (C=O) groups excluding carboxylic acids is 1. The average molecular weight is 389 g/mol. The molecule has 0 spiro atoms. The molecular formula is C20H19N7O2. The van der Waals surface area contributed by atoms with Crippen LogP contribution in [-0.2, 0) is 0 Å². The Bertz CT molecular complexity index is 1140. The zero-order valence-electron chi connectivity index (χ0n) is 15.5. The van der Waals surface area contributed by atoms with Gasteiger partial charge in [0.1, 0.15) is 12.1 Å². The standard InChI is InChI=1S/C20H19N7O2/c28-20(24-15-3-1-2-14(12-15)19-22-8-11-29-19)26-9-6-16(13-26)23-17-4-5-18-21-7-10-27(18)25-17/h1-5,7-8,10-12,16H,6,9,13H2,(H,23,25)(H,24,28). The van der Waals surface area contributed by atoms with E-state index in [4.69, 9.17) is 4.42 Å². The Balaban J connectivity index is 1.21. The van der Waals surface area contributed by atoms with Gasteiger partial charge >= 0.3 is 6.03 Å². The highest BCUT2D eigenvalue weighted by Gasteiger charge is 2.26. The zero-order valence-corrected chi connectivity index (χ0v) is 15.5. The van der Waals surface area contributed by atoms with Crippen molar-refractivity contribution in [1.29, 1.82) is 0 Å². The summed E-state index contributed by atoms with van der Waals surface area (Å²) in [6.45, 7) is 1.28. The van der Waals surface area contributed by atoms with Gasteiger partial charge in [0.25, 0.3) is 0 Å². The number of aromatic nitrogens is 4. The molecule has 1 aliphatic rings. The van der Waals surface area contributed by atoms with Crippen molar-refractivity contribution in [3.05, 3.63) is 61.3 Å². The summed E-state index contributed by atoms with van der Waals surface area (Å²) < 4.78 is 7.04. The molecule has 0 saturated carbocycles. The second-order valence-electron chi connectivity index (χ2n) is 6.87. The summed E-state index contributed by atoms with van der Waals surface area (Å²) in [5, 5.41) is 10.8. The molecule has 3 aromatic heterocycles. The van der Waals surface area contributed by atoms with E-state index in [1.807, 2.05) is 36.4 Å². The molecule has 146 valence electrons. The highest BCUT2D eigenvalue weighted by Crippen LogP contribution is 2.22. The van der Waals surface area contributed by atoms with Gasteiger partial charge in [0.2, 0.25) is 5.89 Å². The van der Waals surface area contributed by atoms with Crippen molar-refractivity contribution in [3.63, 3.8) is 0 Å². The Morgan fingerprint density at radius 3 is 3.03 bits per heavy atom. The van der Waals surface area contributed by atoms with Crippen molar-refractivity contribution in [1.82, 2.24) is 24.5 Å². The number of carbonyl (C=O) groups is 1. The summed E-state index contributed by atoms with van der Waals surface area (Å²) in [6, 6.07) is 11.3. The Morgan fingerprint density at radius 1 is 1.17 bits per heavy atom. The van der Waals surface area contributed by atoms with Gasteiger partial charge in [-0.25, -0.2) is 19.3 Å². The number of hydrogen-bond acceptors (Lipinski definition) is 6. The fraction of sp³-hybridized carbons (Fsp3) is 0.200. The second kappa shape index (κ2) is 7.27. The number of oxazole rings is 1. The van der Waals surface area contributed by atoms with Crippen LogP contribution >= 0.6 is 0 Å². The Hall–Kier alpha value is -3.88. The summed E-state index contributed by atoms with van der Waals surface area (Å²) in [4.78, 5) is 22.8. The molecule has 0 aliphatic carbocycles. The van der Waals surface area contributed by atoms with Gasteiger partial charge in [-0.1, -0.05) is 6.07 Å². The lowest BCUT2D eigenvalue weighted by atomic mass is 10.2. The van der Waals surface area contributed by atoms with Crippen LogP contribution in [0.25, 0.3) is 17.1 Å². The van der Waals surface area contributed by atoms with Gasteiger partial charge in [-0.3, -0.25) is 0 Å². The topological polar surface area (TPSA) is 101 Å². The maximum atomic E-state index is 12.7. The van der Waals surface area contributed by atoms with Crippen LogP contribution in [-0.4, -0.2) is 49.6 Å². The lowest BCUT2D eigenvalue weighted by Gasteiger charge is -2.18. The molecule has 9 heteroatoms. The van der Waals surface area contributed by atoms with Crippen molar-refractivity contribution >= 4 is 23.2 Å². The summed E-state index contributed by atoms with van der Waals surface area (Å²) in [6.07, 6.45) is 7.49. The van der Waals surface area contributed by atoms with Gasteiger partial charge in [-0.05, 0) is 36.8 Å². The number of likely N-dealkylation sites (tertiary alicyclic amines) is 1. The zero-order chi connectivity index (χ0) is 19.6. The summed E-state index contributed by atoms with van der Waals surface area (Å²) in [5.74, 6) is 1.29. The Kier molecular flexibility index (Phi) is 4.32. The molecule has 1 unspecified atom stereocenters. The monoisotopic (exact) mass is 389 g/mol. The second-order valence-corrected chi connectivity index (χ2v) is 6.87. The van der Waals surface area contributed by atoms with Crippen LogP contribution in [0.15, 0.2) is 65.7 Å². The van der Waals surface area contributed by atoms with Gasteiger partial charge in [0.05, 0.1) is 6.20 Å². The van der Waals surface area contributed by atoms with E-state index in [2.05, 4.69) is 25.7 Å². The van der Waals surface area contributed by atoms with Crippen LogP contribution in [0.3, 0.4) is 0 Å². The fourth-order valence-electron chi connectivity index (χ4n) is 3.46. The smallest absolute Gasteiger partial charge is 0.321 e. The third kappa shape index (κ3) is 3.62. The number of nitrogens with one attached hydrogen (secondary N) is 2. The molecule has 9 nitrogen and oxygen atoms in total. The lowest BCUT2D eigenvalue weighted by molar-refractivity contribution is 0.222. The lowest BCUT2D eigenvalue weighted by Crippen LogP contribution is -2.35. The molecule has 5 rings (SSSR count). The number of imidazole rings is 1. The predicted molar refractivity (Wildman–Crippen MR) is 108 cm³/mol. The third-order valence-electron chi connectivity index (χ3n) is 4.88. The van der Waals surface area contributed by atoms with Crippen molar-refractivity contribution in [3.8, 4) is 11.5 Å². The van der Waals surface area contributed by atoms with E-state index in [1.165, 1.54) is 6.26 Å². The van der Waals surface area contributed by atoms with E-state index in [1.54, 1.807) is 28.0 Å². The number of fused-ring (bicyclic) bond motifs is 1. The van der Waals surface area contributed by atoms with Crippen molar-refractivity contribution < 1.29 is 9.21 Å². The number of amides is 2. The Labute approximate surface area is 166 Å². The average Bonchev–Trinajstić information content (AvgIpc) is 3.49. The molecule has 4 heterocycles. The Morgan fingerprint density at radius 2 is 2.14 bits per heavy atom. The SMILES string of the molecule is O=C(Nc1cccc(-c2ncco2)c1)N1CCC(Nc2ccc3nccn3n2)C1. The first-order valence-corrected chi connectivity index (χ1v) is 9.37. The highest BCUT2D eigenvalue weighted by atomic mass is 16.3. The maximum Gasteiger partial charge on any atom is 0.321 e. The first-order valence-electron chi connectivity index (χ1n) is 9.37. The van der Waals surface area contributed by atoms with Crippen LogP contribution in [0, 0.1) is 0 Å². The summed E-state index contributed by atoms with van der Waals surface area (Å²) >= 11 is 0. The van der Waals surface area contributed by atoms with Crippen molar-refractivity contribution in [2.45, 2.75) is 12.5 Å². The van der Waals surface area contributed by atoms with E-state index >= 15 is 0 Å². The number of rotatable bonds is 4.